The number of nitrogen functional groups attached to an aromatic ring is 1. The van der Waals surface area contributed by atoms with E-state index in [4.69, 9.17) is 5.73 Å². The molecule has 1 aromatic heterocycles. The van der Waals surface area contributed by atoms with Gasteiger partial charge in [0, 0.05) is 6.04 Å². The van der Waals surface area contributed by atoms with E-state index in [0.717, 1.165) is 37.9 Å². The largest absolute Gasteiger partial charge is 0.433 e. The van der Waals surface area contributed by atoms with Crippen LogP contribution in [-0.2, 0) is 6.18 Å². The molecule has 0 atom stereocenters. The normalized spacial score (nSPS) is 19.8. The molecule has 2 aliphatic carbocycles. The molecule has 1 aromatic rings. The summed E-state index contributed by atoms with van der Waals surface area (Å²) in [5.74, 6) is 1.18. The number of nitrogens with zero attached hydrogens (tertiary/aromatic N) is 1. The van der Waals surface area contributed by atoms with Gasteiger partial charge in [0.15, 0.2) is 0 Å². The highest BCUT2D eigenvalue weighted by Gasteiger charge is 2.42. The topological polar surface area (TPSA) is 50.9 Å². The standard InChI is InChI=1S/C13H16F3N3/c14-13(15,16)11-5-10(9(17)6-18-11)19-12(7-1-2-7)8-3-4-8/h5-8,12H,1-4,17H2,(H,18,19). The summed E-state index contributed by atoms with van der Waals surface area (Å²) in [5, 5.41) is 3.22. The van der Waals surface area contributed by atoms with Crippen LogP contribution in [0.25, 0.3) is 0 Å². The molecule has 0 spiro atoms. The van der Waals surface area contributed by atoms with E-state index >= 15 is 0 Å². The smallest absolute Gasteiger partial charge is 0.396 e. The second-order valence-electron chi connectivity index (χ2n) is 5.50. The van der Waals surface area contributed by atoms with Crippen LogP contribution in [0, 0.1) is 11.8 Å². The highest BCUT2D eigenvalue weighted by Crippen LogP contribution is 2.46. The van der Waals surface area contributed by atoms with Crippen molar-refractivity contribution in [2.75, 3.05) is 11.1 Å². The maximum absolute atomic E-state index is 12.6. The Bertz CT molecular complexity index is 467. The third-order valence-corrected chi connectivity index (χ3v) is 3.81. The zero-order valence-corrected chi connectivity index (χ0v) is 10.4. The van der Waals surface area contributed by atoms with Gasteiger partial charge in [-0.1, -0.05) is 0 Å². The third kappa shape index (κ3) is 2.77. The molecule has 3 rings (SSSR count). The Hall–Kier alpha value is -1.46. The third-order valence-electron chi connectivity index (χ3n) is 3.81. The minimum absolute atomic E-state index is 0.269. The van der Waals surface area contributed by atoms with Crippen LogP contribution in [0.1, 0.15) is 31.4 Å². The van der Waals surface area contributed by atoms with Crippen LogP contribution in [-0.4, -0.2) is 11.0 Å². The number of aromatic nitrogens is 1. The summed E-state index contributed by atoms with van der Waals surface area (Å²) in [7, 11) is 0. The quantitative estimate of drug-likeness (QED) is 0.883. The number of nitrogens with one attached hydrogen (secondary N) is 1. The van der Waals surface area contributed by atoms with E-state index in [-0.39, 0.29) is 11.7 Å². The van der Waals surface area contributed by atoms with Gasteiger partial charge in [-0.25, -0.2) is 4.98 Å². The lowest BCUT2D eigenvalue weighted by atomic mass is 10.1. The van der Waals surface area contributed by atoms with Crippen molar-refractivity contribution in [3.05, 3.63) is 18.0 Å². The molecule has 0 radical (unpaired) electrons. The first kappa shape index (κ1) is 12.6. The van der Waals surface area contributed by atoms with Crippen LogP contribution in [0.4, 0.5) is 24.5 Å². The van der Waals surface area contributed by atoms with Gasteiger partial charge in [0.2, 0.25) is 0 Å². The van der Waals surface area contributed by atoms with Crippen LogP contribution in [0.2, 0.25) is 0 Å². The predicted molar refractivity (Wildman–Crippen MR) is 66.5 cm³/mol. The van der Waals surface area contributed by atoms with Gasteiger partial charge >= 0.3 is 6.18 Å². The Kier molecular flexibility index (Phi) is 2.83. The Morgan fingerprint density at radius 3 is 2.26 bits per heavy atom. The maximum atomic E-state index is 12.6. The molecule has 0 aromatic carbocycles. The molecule has 0 amide bonds. The summed E-state index contributed by atoms with van der Waals surface area (Å²) in [4.78, 5) is 3.35. The van der Waals surface area contributed by atoms with Crippen LogP contribution in [0.15, 0.2) is 12.3 Å². The average Bonchev–Trinajstić information content (AvgIpc) is 3.19. The lowest BCUT2D eigenvalue weighted by molar-refractivity contribution is -0.141. The molecule has 0 unspecified atom stereocenters. The van der Waals surface area contributed by atoms with E-state index in [2.05, 4.69) is 10.3 Å². The zero-order valence-electron chi connectivity index (χ0n) is 10.4. The Morgan fingerprint density at radius 2 is 1.79 bits per heavy atom. The van der Waals surface area contributed by atoms with Crippen LogP contribution in [0.3, 0.4) is 0 Å². The number of pyridine rings is 1. The second-order valence-corrected chi connectivity index (χ2v) is 5.50. The molecule has 3 nitrogen and oxygen atoms in total. The second kappa shape index (κ2) is 4.28. The number of hydrogen-bond donors (Lipinski definition) is 2. The molecule has 3 N–H and O–H groups in total. The van der Waals surface area contributed by atoms with Gasteiger partial charge in [0.1, 0.15) is 5.69 Å². The maximum Gasteiger partial charge on any atom is 0.433 e. The van der Waals surface area contributed by atoms with Gasteiger partial charge in [-0.05, 0) is 43.6 Å². The van der Waals surface area contributed by atoms with Gasteiger partial charge < -0.3 is 11.1 Å². The lowest BCUT2D eigenvalue weighted by Crippen LogP contribution is -2.25. The fraction of sp³-hybridized carbons (Fsp3) is 0.615. The minimum Gasteiger partial charge on any atom is -0.396 e. The fourth-order valence-corrected chi connectivity index (χ4v) is 2.46. The first-order chi connectivity index (χ1) is 8.95. The predicted octanol–water partition coefficient (Wildman–Crippen LogP) is 3.28. The minimum atomic E-state index is -4.43. The monoisotopic (exact) mass is 271 g/mol. The van der Waals surface area contributed by atoms with Crippen molar-refractivity contribution in [2.24, 2.45) is 11.8 Å². The van der Waals surface area contributed by atoms with Crippen molar-refractivity contribution in [3.8, 4) is 0 Å². The molecule has 104 valence electrons. The molecule has 0 bridgehead atoms. The fourth-order valence-electron chi connectivity index (χ4n) is 2.46. The molecule has 0 aliphatic heterocycles. The summed E-state index contributed by atoms with van der Waals surface area (Å²) in [6.07, 6.45) is 1.29. The van der Waals surface area contributed by atoms with E-state index in [0.29, 0.717) is 17.5 Å². The summed E-state index contributed by atoms with van der Waals surface area (Å²) in [6.45, 7) is 0. The summed E-state index contributed by atoms with van der Waals surface area (Å²) in [6, 6.07) is 1.29. The first-order valence-electron chi connectivity index (χ1n) is 6.54. The molecule has 6 heteroatoms. The number of halogens is 3. The highest BCUT2D eigenvalue weighted by atomic mass is 19.4. The van der Waals surface area contributed by atoms with Crippen molar-refractivity contribution in [1.82, 2.24) is 4.98 Å². The van der Waals surface area contributed by atoms with Crippen molar-refractivity contribution in [2.45, 2.75) is 37.9 Å². The van der Waals surface area contributed by atoms with Gasteiger partial charge in [0.05, 0.1) is 17.6 Å². The first-order valence-corrected chi connectivity index (χ1v) is 6.54. The summed E-state index contributed by atoms with van der Waals surface area (Å²) < 4.78 is 37.9. The number of alkyl halides is 3. The van der Waals surface area contributed by atoms with Gasteiger partial charge in [-0.2, -0.15) is 13.2 Å². The molecular weight excluding hydrogens is 255 g/mol. The molecule has 2 fully saturated rings. The Labute approximate surface area is 109 Å². The number of hydrogen-bond acceptors (Lipinski definition) is 3. The summed E-state index contributed by atoms with van der Waals surface area (Å²) in [5.41, 5.74) is 5.48. The Balaban J connectivity index is 1.82. The van der Waals surface area contributed by atoms with Gasteiger partial charge in [-0.3, -0.25) is 0 Å². The number of anilines is 2. The van der Waals surface area contributed by atoms with E-state index in [1.165, 1.54) is 0 Å². The van der Waals surface area contributed by atoms with E-state index < -0.39 is 11.9 Å². The van der Waals surface area contributed by atoms with E-state index in [1.807, 2.05) is 0 Å². The zero-order chi connectivity index (χ0) is 13.6. The molecule has 2 aliphatic rings. The van der Waals surface area contributed by atoms with Crippen LogP contribution in [0.5, 0.6) is 0 Å². The number of nitrogens with two attached hydrogens (primary N) is 1. The van der Waals surface area contributed by atoms with E-state index in [9.17, 15) is 13.2 Å². The molecule has 0 saturated heterocycles. The lowest BCUT2D eigenvalue weighted by Gasteiger charge is -2.21. The highest BCUT2D eigenvalue weighted by molar-refractivity contribution is 5.66. The van der Waals surface area contributed by atoms with Crippen molar-refractivity contribution in [1.29, 1.82) is 0 Å². The van der Waals surface area contributed by atoms with E-state index in [1.54, 1.807) is 0 Å². The molecular formula is C13H16F3N3. The molecule has 19 heavy (non-hydrogen) atoms. The molecule has 2 saturated carbocycles. The van der Waals surface area contributed by atoms with Crippen molar-refractivity contribution in [3.63, 3.8) is 0 Å². The SMILES string of the molecule is Nc1cnc(C(F)(F)F)cc1NC(C1CC1)C1CC1. The summed E-state index contributed by atoms with van der Waals surface area (Å²) >= 11 is 0. The molecule has 1 heterocycles. The average molecular weight is 271 g/mol. The van der Waals surface area contributed by atoms with Crippen LogP contribution >= 0.6 is 0 Å². The Morgan fingerprint density at radius 1 is 1.21 bits per heavy atom. The van der Waals surface area contributed by atoms with Gasteiger partial charge in [-0.15, -0.1) is 0 Å². The van der Waals surface area contributed by atoms with Crippen molar-refractivity contribution >= 4 is 11.4 Å². The number of rotatable bonds is 4. The van der Waals surface area contributed by atoms with Crippen molar-refractivity contribution < 1.29 is 13.2 Å². The van der Waals surface area contributed by atoms with Gasteiger partial charge in [0.25, 0.3) is 0 Å². The van der Waals surface area contributed by atoms with Crippen LogP contribution < -0.4 is 11.1 Å².